The third kappa shape index (κ3) is 5.22. The third-order valence-electron chi connectivity index (χ3n) is 6.23. The molecule has 1 fully saturated rings. The molecule has 0 radical (unpaired) electrons. The molecule has 1 aromatic heterocycles. The minimum absolute atomic E-state index is 0.00453. The van der Waals surface area contributed by atoms with Gasteiger partial charge in [-0.25, -0.2) is 9.37 Å². The van der Waals surface area contributed by atoms with Crippen LogP contribution in [0.4, 0.5) is 16.2 Å². The number of halogens is 1. The van der Waals surface area contributed by atoms with Crippen LogP contribution in [0, 0.1) is 11.7 Å². The zero-order chi connectivity index (χ0) is 24.2. The van der Waals surface area contributed by atoms with Crippen LogP contribution in [0.15, 0.2) is 54.6 Å². The monoisotopic (exact) mass is 461 g/mol. The van der Waals surface area contributed by atoms with Gasteiger partial charge in [-0.3, -0.25) is 9.59 Å². The summed E-state index contributed by atoms with van der Waals surface area (Å²) in [5.41, 5.74) is 8.03. The van der Waals surface area contributed by atoms with Gasteiger partial charge in [-0.15, -0.1) is 0 Å². The number of nitrogens with zero attached hydrogens (tertiary/aromatic N) is 3. The van der Waals surface area contributed by atoms with Crippen molar-refractivity contribution in [2.75, 3.05) is 17.2 Å². The molecule has 0 bridgehead atoms. The summed E-state index contributed by atoms with van der Waals surface area (Å²) in [5.74, 6) is -0.481. The lowest BCUT2D eigenvalue weighted by Gasteiger charge is -2.38. The van der Waals surface area contributed by atoms with Crippen LogP contribution < -0.4 is 16.0 Å². The van der Waals surface area contributed by atoms with Crippen molar-refractivity contribution in [3.63, 3.8) is 0 Å². The Bertz CT molecular complexity index is 1200. The minimum Gasteiger partial charge on any atom is -0.368 e. The summed E-state index contributed by atoms with van der Waals surface area (Å²) in [4.78, 5) is 35.1. The lowest BCUT2D eigenvalue weighted by molar-refractivity contribution is -0.125. The number of hydrogen-bond acceptors (Lipinski definition) is 6. The number of nitrogens with two attached hydrogens (primary N) is 1. The predicted molar refractivity (Wildman–Crippen MR) is 130 cm³/mol. The zero-order valence-electron chi connectivity index (χ0n) is 19.3. The van der Waals surface area contributed by atoms with Gasteiger partial charge in [-0.2, -0.15) is 4.98 Å². The number of benzene rings is 2. The number of nitrogen functional groups attached to an aromatic ring is 1. The van der Waals surface area contributed by atoms with Gasteiger partial charge < -0.3 is 16.0 Å². The van der Waals surface area contributed by atoms with E-state index in [2.05, 4.69) is 27.1 Å². The second-order valence-corrected chi connectivity index (χ2v) is 8.70. The van der Waals surface area contributed by atoms with Crippen LogP contribution in [0.5, 0.6) is 0 Å². The van der Waals surface area contributed by atoms with Gasteiger partial charge in [-0.05, 0) is 44.4 Å². The summed E-state index contributed by atoms with van der Waals surface area (Å²) in [6, 6.07) is 16.1. The molecule has 2 heterocycles. The number of anilines is 2. The van der Waals surface area contributed by atoms with Crippen molar-refractivity contribution in [3.8, 4) is 11.3 Å². The molecule has 1 aliphatic rings. The van der Waals surface area contributed by atoms with E-state index in [9.17, 15) is 14.0 Å². The number of ketones is 1. The fourth-order valence-electron chi connectivity index (χ4n) is 4.28. The van der Waals surface area contributed by atoms with Gasteiger partial charge in [0.15, 0.2) is 5.78 Å². The second-order valence-electron chi connectivity index (χ2n) is 8.70. The van der Waals surface area contributed by atoms with Crippen molar-refractivity contribution in [2.45, 2.75) is 39.3 Å². The standard InChI is InChI=1S/C26H28FN5O2/c1-16-8-9-20(25(34)29-14-18-6-4-3-5-7-18)15-32(16)24-13-23(30-26(28)31-24)19-10-11-21(17(2)33)22(27)12-19/h3-7,10-13,16,20H,8-9,14-15H2,1-2H3,(H,29,34)(H2,28,30,31). The van der Waals surface area contributed by atoms with Crippen molar-refractivity contribution in [1.29, 1.82) is 0 Å². The summed E-state index contributed by atoms with van der Waals surface area (Å²) in [7, 11) is 0. The number of piperidine rings is 1. The average molecular weight is 462 g/mol. The predicted octanol–water partition coefficient (Wildman–Crippen LogP) is 3.99. The van der Waals surface area contributed by atoms with Gasteiger partial charge in [0.2, 0.25) is 11.9 Å². The number of hydrogen-bond donors (Lipinski definition) is 2. The van der Waals surface area contributed by atoms with E-state index < -0.39 is 5.82 Å². The van der Waals surface area contributed by atoms with Gasteiger partial charge in [0.25, 0.3) is 0 Å². The van der Waals surface area contributed by atoms with E-state index in [-0.39, 0.29) is 35.2 Å². The third-order valence-corrected chi connectivity index (χ3v) is 6.23. The Morgan fingerprint density at radius 3 is 2.59 bits per heavy atom. The molecule has 8 heteroatoms. The van der Waals surface area contributed by atoms with E-state index in [4.69, 9.17) is 5.73 Å². The Balaban J connectivity index is 1.53. The highest BCUT2D eigenvalue weighted by Crippen LogP contribution is 2.30. The number of amides is 1. The molecule has 7 nitrogen and oxygen atoms in total. The Morgan fingerprint density at radius 1 is 1.12 bits per heavy atom. The van der Waals surface area contributed by atoms with E-state index in [1.807, 2.05) is 30.3 Å². The Kier molecular flexibility index (Phi) is 6.86. The lowest BCUT2D eigenvalue weighted by Crippen LogP contribution is -2.47. The number of nitrogens with one attached hydrogen (secondary N) is 1. The van der Waals surface area contributed by atoms with E-state index in [0.29, 0.717) is 30.2 Å². The molecular formula is C26H28FN5O2. The van der Waals surface area contributed by atoms with Gasteiger partial charge >= 0.3 is 0 Å². The molecule has 2 unspecified atom stereocenters. The normalized spacial score (nSPS) is 17.9. The van der Waals surface area contributed by atoms with Gasteiger partial charge in [0.1, 0.15) is 11.6 Å². The first kappa shape index (κ1) is 23.4. The summed E-state index contributed by atoms with van der Waals surface area (Å²) < 4.78 is 14.4. The first-order valence-corrected chi connectivity index (χ1v) is 11.4. The summed E-state index contributed by atoms with van der Waals surface area (Å²) >= 11 is 0. The molecule has 1 saturated heterocycles. The van der Waals surface area contributed by atoms with Gasteiger partial charge in [0, 0.05) is 30.8 Å². The zero-order valence-corrected chi connectivity index (χ0v) is 19.3. The molecule has 2 atom stereocenters. The highest BCUT2D eigenvalue weighted by Gasteiger charge is 2.31. The topological polar surface area (TPSA) is 101 Å². The molecule has 3 aromatic rings. The van der Waals surface area contributed by atoms with E-state index in [1.54, 1.807) is 12.1 Å². The number of carbonyl (C=O) groups is 2. The van der Waals surface area contributed by atoms with Crippen LogP contribution in [-0.2, 0) is 11.3 Å². The van der Waals surface area contributed by atoms with Crippen LogP contribution in [-0.4, -0.2) is 34.2 Å². The van der Waals surface area contributed by atoms with Crippen LogP contribution >= 0.6 is 0 Å². The molecule has 2 aromatic carbocycles. The Labute approximate surface area is 198 Å². The first-order chi connectivity index (χ1) is 16.3. The minimum atomic E-state index is -0.606. The van der Waals surface area contributed by atoms with Crippen molar-refractivity contribution in [1.82, 2.24) is 15.3 Å². The van der Waals surface area contributed by atoms with E-state index >= 15 is 0 Å². The van der Waals surface area contributed by atoms with Crippen LogP contribution in [0.2, 0.25) is 0 Å². The molecule has 3 N–H and O–H groups in total. The maximum absolute atomic E-state index is 14.4. The number of aromatic nitrogens is 2. The molecule has 0 saturated carbocycles. The van der Waals surface area contributed by atoms with Gasteiger partial charge in [-0.1, -0.05) is 36.4 Å². The molecule has 0 aliphatic carbocycles. The number of Topliss-reactive ketones (excluding diaryl/α,β-unsaturated/α-hetero) is 1. The van der Waals surface area contributed by atoms with Crippen molar-refractivity contribution < 1.29 is 14.0 Å². The molecule has 34 heavy (non-hydrogen) atoms. The maximum atomic E-state index is 14.4. The molecule has 1 amide bonds. The van der Waals surface area contributed by atoms with E-state index in [1.165, 1.54) is 19.1 Å². The molecule has 0 spiro atoms. The Hall–Kier alpha value is -3.81. The summed E-state index contributed by atoms with van der Waals surface area (Å²) in [5, 5.41) is 3.03. The molecule has 1 aliphatic heterocycles. The van der Waals surface area contributed by atoms with Crippen LogP contribution in [0.1, 0.15) is 42.6 Å². The largest absolute Gasteiger partial charge is 0.368 e. The Morgan fingerprint density at radius 2 is 1.88 bits per heavy atom. The van der Waals surface area contributed by atoms with Gasteiger partial charge in [0.05, 0.1) is 17.2 Å². The quantitative estimate of drug-likeness (QED) is 0.539. The fraction of sp³-hybridized carbons (Fsp3) is 0.308. The lowest BCUT2D eigenvalue weighted by atomic mass is 9.92. The summed E-state index contributed by atoms with van der Waals surface area (Å²) in [6.45, 7) is 4.38. The highest BCUT2D eigenvalue weighted by atomic mass is 19.1. The maximum Gasteiger partial charge on any atom is 0.225 e. The summed E-state index contributed by atoms with van der Waals surface area (Å²) in [6.07, 6.45) is 1.61. The van der Waals surface area contributed by atoms with Crippen molar-refractivity contribution >= 4 is 23.5 Å². The average Bonchev–Trinajstić information content (AvgIpc) is 2.82. The van der Waals surface area contributed by atoms with Crippen LogP contribution in [0.3, 0.4) is 0 Å². The first-order valence-electron chi connectivity index (χ1n) is 11.4. The smallest absolute Gasteiger partial charge is 0.225 e. The van der Waals surface area contributed by atoms with E-state index in [0.717, 1.165) is 18.4 Å². The molecule has 176 valence electrons. The number of carbonyl (C=O) groups excluding carboxylic acids is 2. The van der Waals surface area contributed by atoms with Crippen LogP contribution in [0.25, 0.3) is 11.3 Å². The highest BCUT2D eigenvalue weighted by molar-refractivity contribution is 5.94. The molecule has 4 rings (SSSR count). The second kappa shape index (κ2) is 9.99. The van der Waals surface area contributed by atoms with Crippen molar-refractivity contribution in [2.24, 2.45) is 5.92 Å². The fourth-order valence-corrected chi connectivity index (χ4v) is 4.28. The van der Waals surface area contributed by atoms with Crippen molar-refractivity contribution in [3.05, 3.63) is 71.5 Å². The number of rotatable bonds is 6. The molecular weight excluding hydrogens is 433 g/mol. The SMILES string of the molecule is CC(=O)c1ccc(-c2cc(N3CC(C(=O)NCc4ccccc4)CCC3C)nc(N)n2)cc1F.